The lowest BCUT2D eigenvalue weighted by molar-refractivity contribution is -0.135. The van der Waals surface area contributed by atoms with E-state index in [2.05, 4.69) is 32.9 Å². The van der Waals surface area contributed by atoms with Crippen molar-refractivity contribution in [1.82, 2.24) is 4.90 Å². The number of nitrogens with two attached hydrogens (primary N) is 1. The van der Waals surface area contributed by atoms with Crippen LogP contribution in [0, 0.1) is 5.92 Å². The molecule has 0 radical (unpaired) electrons. The third-order valence-electron chi connectivity index (χ3n) is 4.01. The van der Waals surface area contributed by atoms with E-state index in [1.165, 1.54) is 5.56 Å². The standard InChI is InChI=1S/C17H28N2O/c1-4-14(3)19(13-16-9-7-6-8-10-16)17(20)11-15(5-2)12-18/h6-10,14-15H,4-5,11-13,18H2,1-3H3. The lowest BCUT2D eigenvalue weighted by Gasteiger charge is -2.30. The molecule has 20 heavy (non-hydrogen) atoms. The van der Waals surface area contributed by atoms with Crippen LogP contribution in [0.15, 0.2) is 30.3 Å². The van der Waals surface area contributed by atoms with Crippen LogP contribution in [0.4, 0.5) is 0 Å². The van der Waals surface area contributed by atoms with E-state index >= 15 is 0 Å². The highest BCUT2D eigenvalue weighted by Gasteiger charge is 2.21. The fourth-order valence-electron chi connectivity index (χ4n) is 2.25. The van der Waals surface area contributed by atoms with Crippen LogP contribution in [0.3, 0.4) is 0 Å². The van der Waals surface area contributed by atoms with Gasteiger partial charge in [-0.2, -0.15) is 0 Å². The Morgan fingerprint density at radius 3 is 2.35 bits per heavy atom. The first-order chi connectivity index (χ1) is 9.62. The van der Waals surface area contributed by atoms with Crippen molar-refractivity contribution in [3.8, 4) is 0 Å². The molecule has 0 spiro atoms. The average Bonchev–Trinajstić information content (AvgIpc) is 2.50. The summed E-state index contributed by atoms with van der Waals surface area (Å²) in [5, 5.41) is 0. The van der Waals surface area contributed by atoms with Crippen LogP contribution in [-0.4, -0.2) is 23.4 Å². The molecule has 0 saturated carbocycles. The van der Waals surface area contributed by atoms with Crippen LogP contribution in [-0.2, 0) is 11.3 Å². The first kappa shape index (κ1) is 16.7. The monoisotopic (exact) mass is 276 g/mol. The van der Waals surface area contributed by atoms with E-state index in [0.717, 1.165) is 12.8 Å². The van der Waals surface area contributed by atoms with E-state index < -0.39 is 0 Å². The van der Waals surface area contributed by atoms with Crippen LogP contribution in [0.1, 0.15) is 45.6 Å². The maximum atomic E-state index is 12.5. The average molecular weight is 276 g/mol. The molecule has 0 fully saturated rings. The Hall–Kier alpha value is -1.35. The molecular weight excluding hydrogens is 248 g/mol. The van der Waals surface area contributed by atoms with Crippen molar-refractivity contribution in [1.29, 1.82) is 0 Å². The van der Waals surface area contributed by atoms with Crippen LogP contribution in [0.2, 0.25) is 0 Å². The first-order valence-corrected chi connectivity index (χ1v) is 7.65. The minimum atomic E-state index is 0.223. The summed E-state index contributed by atoms with van der Waals surface area (Å²) in [6.07, 6.45) is 2.49. The van der Waals surface area contributed by atoms with Crippen molar-refractivity contribution >= 4 is 5.91 Å². The van der Waals surface area contributed by atoms with Crippen molar-refractivity contribution in [2.24, 2.45) is 11.7 Å². The number of carbonyl (C=O) groups excluding carboxylic acids is 1. The smallest absolute Gasteiger partial charge is 0.223 e. The molecule has 1 amide bonds. The van der Waals surface area contributed by atoms with Gasteiger partial charge in [-0.3, -0.25) is 4.79 Å². The lowest BCUT2D eigenvalue weighted by Crippen LogP contribution is -2.39. The molecule has 1 aromatic rings. The van der Waals surface area contributed by atoms with Gasteiger partial charge in [0.2, 0.25) is 5.91 Å². The molecule has 0 saturated heterocycles. The number of nitrogens with zero attached hydrogens (tertiary/aromatic N) is 1. The number of amides is 1. The molecule has 2 atom stereocenters. The first-order valence-electron chi connectivity index (χ1n) is 7.65. The highest BCUT2D eigenvalue weighted by Crippen LogP contribution is 2.16. The second-order valence-electron chi connectivity index (χ2n) is 5.48. The van der Waals surface area contributed by atoms with Gasteiger partial charge in [0, 0.05) is 19.0 Å². The van der Waals surface area contributed by atoms with Crippen LogP contribution in [0.5, 0.6) is 0 Å². The summed E-state index contributed by atoms with van der Waals surface area (Å²) >= 11 is 0. The Bertz CT molecular complexity index is 387. The molecule has 0 aliphatic carbocycles. The summed E-state index contributed by atoms with van der Waals surface area (Å²) in [6.45, 7) is 7.60. The van der Waals surface area contributed by atoms with Crippen molar-refractivity contribution in [2.75, 3.05) is 6.54 Å². The van der Waals surface area contributed by atoms with E-state index in [4.69, 9.17) is 5.73 Å². The molecule has 3 heteroatoms. The Morgan fingerprint density at radius 2 is 1.85 bits per heavy atom. The molecule has 0 aliphatic rings. The topological polar surface area (TPSA) is 46.3 Å². The van der Waals surface area contributed by atoms with Crippen LogP contribution >= 0.6 is 0 Å². The van der Waals surface area contributed by atoms with E-state index in [9.17, 15) is 4.79 Å². The fourth-order valence-corrected chi connectivity index (χ4v) is 2.25. The minimum Gasteiger partial charge on any atom is -0.336 e. The molecular formula is C17H28N2O. The van der Waals surface area contributed by atoms with Gasteiger partial charge in [0.25, 0.3) is 0 Å². The van der Waals surface area contributed by atoms with Gasteiger partial charge >= 0.3 is 0 Å². The number of carbonyl (C=O) groups is 1. The summed E-state index contributed by atoms with van der Waals surface area (Å²) in [5.41, 5.74) is 6.90. The molecule has 0 aliphatic heterocycles. The molecule has 3 nitrogen and oxygen atoms in total. The van der Waals surface area contributed by atoms with Gasteiger partial charge in [0.1, 0.15) is 0 Å². The molecule has 0 aromatic heterocycles. The predicted molar refractivity (Wildman–Crippen MR) is 84.2 cm³/mol. The van der Waals surface area contributed by atoms with Gasteiger partial charge in [-0.25, -0.2) is 0 Å². The molecule has 1 aromatic carbocycles. The summed E-state index contributed by atoms with van der Waals surface area (Å²) in [4.78, 5) is 14.5. The molecule has 0 bridgehead atoms. The van der Waals surface area contributed by atoms with Gasteiger partial charge in [-0.15, -0.1) is 0 Å². The molecule has 2 N–H and O–H groups in total. The van der Waals surface area contributed by atoms with Crippen LogP contribution < -0.4 is 5.73 Å². The number of hydrogen-bond donors (Lipinski definition) is 1. The number of hydrogen-bond acceptors (Lipinski definition) is 2. The fraction of sp³-hybridized carbons (Fsp3) is 0.588. The summed E-state index contributed by atoms with van der Waals surface area (Å²) in [5.74, 6) is 0.519. The Kier molecular flexibility index (Phi) is 7.31. The quantitative estimate of drug-likeness (QED) is 0.792. The van der Waals surface area contributed by atoms with Gasteiger partial charge in [-0.05, 0) is 31.4 Å². The Balaban J connectivity index is 2.76. The zero-order chi connectivity index (χ0) is 15.0. The Morgan fingerprint density at radius 1 is 1.20 bits per heavy atom. The van der Waals surface area contributed by atoms with Gasteiger partial charge in [-0.1, -0.05) is 50.6 Å². The molecule has 0 heterocycles. The summed E-state index contributed by atoms with van der Waals surface area (Å²) in [7, 11) is 0. The van der Waals surface area contributed by atoms with E-state index in [1.54, 1.807) is 0 Å². The maximum absolute atomic E-state index is 12.5. The summed E-state index contributed by atoms with van der Waals surface area (Å²) in [6, 6.07) is 10.4. The van der Waals surface area contributed by atoms with Gasteiger partial charge < -0.3 is 10.6 Å². The van der Waals surface area contributed by atoms with Crippen molar-refractivity contribution in [3.63, 3.8) is 0 Å². The van der Waals surface area contributed by atoms with E-state index in [1.807, 2.05) is 23.1 Å². The third-order valence-corrected chi connectivity index (χ3v) is 4.01. The minimum absolute atomic E-state index is 0.223. The third kappa shape index (κ3) is 4.97. The zero-order valence-corrected chi connectivity index (χ0v) is 13.0. The Labute approximate surface area is 123 Å². The number of benzene rings is 1. The molecule has 2 unspecified atom stereocenters. The van der Waals surface area contributed by atoms with Crippen molar-refractivity contribution < 1.29 is 4.79 Å². The SMILES string of the molecule is CCC(CN)CC(=O)N(Cc1ccccc1)C(C)CC. The number of rotatable bonds is 8. The van der Waals surface area contributed by atoms with E-state index in [-0.39, 0.29) is 11.9 Å². The summed E-state index contributed by atoms with van der Waals surface area (Å²) < 4.78 is 0. The largest absolute Gasteiger partial charge is 0.336 e. The van der Waals surface area contributed by atoms with Gasteiger partial charge in [0.05, 0.1) is 0 Å². The van der Waals surface area contributed by atoms with E-state index in [0.29, 0.717) is 25.4 Å². The second-order valence-corrected chi connectivity index (χ2v) is 5.48. The zero-order valence-electron chi connectivity index (χ0n) is 13.0. The normalized spacial score (nSPS) is 13.8. The highest BCUT2D eigenvalue weighted by atomic mass is 16.2. The highest BCUT2D eigenvalue weighted by molar-refractivity contribution is 5.76. The molecule has 112 valence electrons. The van der Waals surface area contributed by atoms with Crippen LogP contribution in [0.25, 0.3) is 0 Å². The molecule has 1 rings (SSSR count). The van der Waals surface area contributed by atoms with Crippen molar-refractivity contribution in [2.45, 2.75) is 52.6 Å². The lowest BCUT2D eigenvalue weighted by atomic mass is 10.0. The predicted octanol–water partition coefficient (Wildman–Crippen LogP) is 3.19. The van der Waals surface area contributed by atoms with Gasteiger partial charge in [0.15, 0.2) is 0 Å². The maximum Gasteiger partial charge on any atom is 0.223 e. The van der Waals surface area contributed by atoms with Crippen molar-refractivity contribution in [3.05, 3.63) is 35.9 Å². The second kappa shape index (κ2) is 8.75.